The second-order valence-corrected chi connectivity index (χ2v) is 5.26. The second kappa shape index (κ2) is 5.90. The first-order valence-corrected chi connectivity index (χ1v) is 7.17. The number of aromatic nitrogens is 2. The molecule has 0 radical (unpaired) electrons. The molecule has 4 nitrogen and oxygen atoms in total. The summed E-state index contributed by atoms with van der Waals surface area (Å²) >= 11 is 0. The van der Waals surface area contributed by atoms with Crippen molar-refractivity contribution in [3.8, 4) is 0 Å². The van der Waals surface area contributed by atoms with Crippen molar-refractivity contribution in [2.45, 2.75) is 25.8 Å². The minimum Gasteiger partial charge on any atom is -0.367 e. The van der Waals surface area contributed by atoms with Crippen molar-refractivity contribution in [2.75, 3.05) is 23.3 Å². The highest BCUT2D eigenvalue weighted by molar-refractivity contribution is 5.40. The molecule has 3 rings (SSSR count). The molecule has 1 saturated heterocycles. The zero-order valence-electron chi connectivity index (χ0n) is 11.8. The maximum atomic E-state index is 4.51. The third kappa shape index (κ3) is 3.07. The molecule has 0 aliphatic carbocycles. The molecular formula is C16H20N4. The summed E-state index contributed by atoms with van der Waals surface area (Å²) in [6, 6.07) is 12.7. The van der Waals surface area contributed by atoms with Gasteiger partial charge in [-0.05, 0) is 44.0 Å². The third-order valence-electron chi connectivity index (χ3n) is 3.71. The van der Waals surface area contributed by atoms with Crippen LogP contribution in [-0.2, 0) is 0 Å². The van der Waals surface area contributed by atoms with Crippen molar-refractivity contribution in [3.63, 3.8) is 0 Å². The van der Waals surface area contributed by atoms with E-state index in [9.17, 15) is 0 Å². The second-order valence-electron chi connectivity index (χ2n) is 5.26. The molecule has 4 heteroatoms. The molecule has 104 valence electrons. The van der Waals surface area contributed by atoms with Crippen LogP contribution in [0.4, 0.5) is 11.6 Å². The van der Waals surface area contributed by atoms with Crippen LogP contribution in [0.2, 0.25) is 0 Å². The molecule has 1 aliphatic rings. The summed E-state index contributed by atoms with van der Waals surface area (Å²) in [6.07, 6.45) is 4.09. The lowest BCUT2D eigenvalue weighted by molar-refractivity contribution is 0.522. The summed E-state index contributed by atoms with van der Waals surface area (Å²) in [7, 11) is 0. The predicted molar refractivity (Wildman–Crippen MR) is 82.1 cm³/mol. The van der Waals surface area contributed by atoms with E-state index < -0.39 is 0 Å². The molecule has 0 spiro atoms. The molecule has 20 heavy (non-hydrogen) atoms. The van der Waals surface area contributed by atoms with Crippen molar-refractivity contribution < 1.29 is 0 Å². The van der Waals surface area contributed by atoms with E-state index in [-0.39, 0.29) is 0 Å². The van der Waals surface area contributed by atoms with Crippen LogP contribution in [0.1, 0.15) is 18.5 Å². The van der Waals surface area contributed by atoms with E-state index in [1.807, 2.05) is 43.5 Å². The van der Waals surface area contributed by atoms with Crippen LogP contribution in [0.25, 0.3) is 0 Å². The highest BCUT2D eigenvalue weighted by Gasteiger charge is 2.19. The lowest BCUT2D eigenvalue weighted by Crippen LogP contribution is -2.39. The lowest BCUT2D eigenvalue weighted by Gasteiger charge is -2.33. The number of hydrogen-bond donors (Lipinski definition) is 1. The molecule has 1 N–H and O–H groups in total. The molecule has 1 aliphatic heterocycles. The van der Waals surface area contributed by atoms with Gasteiger partial charge in [0.05, 0.1) is 0 Å². The van der Waals surface area contributed by atoms with Gasteiger partial charge in [-0.25, -0.2) is 9.97 Å². The first-order chi connectivity index (χ1) is 9.81. The topological polar surface area (TPSA) is 41.0 Å². The maximum Gasteiger partial charge on any atom is 0.128 e. The Labute approximate surface area is 119 Å². The first kappa shape index (κ1) is 12.9. The Bertz CT molecular complexity index is 547. The fourth-order valence-electron chi connectivity index (χ4n) is 2.63. The summed E-state index contributed by atoms with van der Waals surface area (Å²) in [5.41, 5.74) is 1.06. The predicted octanol–water partition coefficient (Wildman–Crippen LogP) is 2.87. The zero-order valence-corrected chi connectivity index (χ0v) is 11.8. The molecular weight excluding hydrogens is 248 g/mol. The Hall–Kier alpha value is -2.10. The van der Waals surface area contributed by atoms with Crippen LogP contribution in [0.3, 0.4) is 0 Å². The number of anilines is 2. The highest BCUT2D eigenvalue weighted by atomic mass is 15.2. The van der Waals surface area contributed by atoms with E-state index in [1.54, 1.807) is 0 Å². The monoisotopic (exact) mass is 268 g/mol. The largest absolute Gasteiger partial charge is 0.367 e. The molecule has 0 aromatic carbocycles. The SMILES string of the molecule is Cc1cccc(NC2CCN(c3ccccn3)CC2)n1. The molecule has 0 amide bonds. The van der Waals surface area contributed by atoms with Gasteiger partial charge < -0.3 is 10.2 Å². The quantitative estimate of drug-likeness (QED) is 0.929. The number of nitrogens with zero attached hydrogens (tertiary/aromatic N) is 3. The van der Waals surface area contributed by atoms with E-state index in [0.717, 1.165) is 43.3 Å². The minimum atomic E-state index is 0.504. The van der Waals surface area contributed by atoms with Crippen molar-refractivity contribution >= 4 is 11.6 Å². The Morgan fingerprint density at radius 1 is 1.10 bits per heavy atom. The van der Waals surface area contributed by atoms with Crippen LogP contribution in [-0.4, -0.2) is 29.1 Å². The van der Waals surface area contributed by atoms with Gasteiger partial charge in [0.2, 0.25) is 0 Å². The summed E-state index contributed by atoms with van der Waals surface area (Å²) in [6.45, 7) is 4.11. The molecule has 0 saturated carbocycles. The van der Waals surface area contributed by atoms with Gasteiger partial charge in [-0.2, -0.15) is 0 Å². The van der Waals surface area contributed by atoms with Crippen molar-refractivity contribution in [1.82, 2.24) is 9.97 Å². The van der Waals surface area contributed by atoms with E-state index in [1.165, 1.54) is 0 Å². The fraction of sp³-hybridized carbons (Fsp3) is 0.375. The summed E-state index contributed by atoms with van der Waals surface area (Å²) in [5.74, 6) is 2.07. The van der Waals surface area contributed by atoms with Crippen LogP contribution in [0, 0.1) is 6.92 Å². The van der Waals surface area contributed by atoms with Crippen LogP contribution >= 0.6 is 0 Å². The Morgan fingerprint density at radius 3 is 2.65 bits per heavy atom. The number of nitrogens with one attached hydrogen (secondary N) is 1. The van der Waals surface area contributed by atoms with Gasteiger partial charge >= 0.3 is 0 Å². The van der Waals surface area contributed by atoms with E-state index >= 15 is 0 Å². The average molecular weight is 268 g/mol. The summed E-state index contributed by atoms with van der Waals surface area (Å²) in [4.78, 5) is 11.3. The maximum absolute atomic E-state index is 4.51. The van der Waals surface area contributed by atoms with Gasteiger partial charge in [0, 0.05) is 31.0 Å². The third-order valence-corrected chi connectivity index (χ3v) is 3.71. The first-order valence-electron chi connectivity index (χ1n) is 7.17. The van der Waals surface area contributed by atoms with Gasteiger partial charge in [0.15, 0.2) is 0 Å². The van der Waals surface area contributed by atoms with Gasteiger partial charge in [0.25, 0.3) is 0 Å². The number of rotatable bonds is 3. The minimum absolute atomic E-state index is 0.504. The van der Waals surface area contributed by atoms with Crippen molar-refractivity contribution in [3.05, 3.63) is 48.3 Å². The molecule has 0 bridgehead atoms. The van der Waals surface area contributed by atoms with E-state index in [2.05, 4.69) is 26.3 Å². The van der Waals surface area contributed by atoms with Crippen LogP contribution < -0.4 is 10.2 Å². The fourth-order valence-corrected chi connectivity index (χ4v) is 2.63. The molecule has 2 aromatic heterocycles. The number of aryl methyl sites for hydroxylation is 1. The van der Waals surface area contributed by atoms with Crippen molar-refractivity contribution in [1.29, 1.82) is 0 Å². The summed E-state index contributed by atoms with van der Waals surface area (Å²) < 4.78 is 0. The molecule has 1 fully saturated rings. The average Bonchev–Trinajstić information content (AvgIpc) is 2.49. The van der Waals surface area contributed by atoms with Gasteiger partial charge in [-0.15, -0.1) is 0 Å². The molecule has 3 heterocycles. The Morgan fingerprint density at radius 2 is 1.95 bits per heavy atom. The number of pyridine rings is 2. The Balaban J connectivity index is 1.56. The zero-order chi connectivity index (χ0) is 13.8. The van der Waals surface area contributed by atoms with Gasteiger partial charge in [0.1, 0.15) is 11.6 Å². The van der Waals surface area contributed by atoms with Crippen LogP contribution in [0.15, 0.2) is 42.6 Å². The Kier molecular flexibility index (Phi) is 3.81. The van der Waals surface area contributed by atoms with E-state index in [0.29, 0.717) is 6.04 Å². The molecule has 0 unspecified atom stereocenters. The molecule has 2 aromatic rings. The van der Waals surface area contributed by atoms with Crippen molar-refractivity contribution in [2.24, 2.45) is 0 Å². The number of piperidine rings is 1. The van der Waals surface area contributed by atoms with E-state index in [4.69, 9.17) is 0 Å². The lowest BCUT2D eigenvalue weighted by atomic mass is 10.1. The number of hydrogen-bond acceptors (Lipinski definition) is 4. The van der Waals surface area contributed by atoms with Gasteiger partial charge in [-0.3, -0.25) is 0 Å². The van der Waals surface area contributed by atoms with Gasteiger partial charge in [-0.1, -0.05) is 12.1 Å². The summed E-state index contributed by atoms with van der Waals surface area (Å²) in [5, 5.41) is 3.54. The standard InChI is InChI=1S/C16H20N4/c1-13-5-4-6-15(18-13)19-14-8-11-20(12-9-14)16-7-2-3-10-17-16/h2-7,10,14H,8-9,11-12H2,1H3,(H,18,19). The smallest absolute Gasteiger partial charge is 0.128 e. The normalized spacial score (nSPS) is 16.1. The van der Waals surface area contributed by atoms with Crippen LogP contribution in [0.5, 0.6) is 0 Å². The molecule has 0 atom stereocenters. The highest BCUT2D eigenvalue weighted by Crippen LogP contribution is 2.19.